The average molecular weight is 623 g/mol. The molecule has 0 aromatic carbocycles. The van der Waals surface area contributed by atoms with Gasteiger partial charge < -0.3 is 42.6 Å². The maximum atomic E-state index is 5.65. The van der Waals surface area contributed by atoms with Gasteiger partial charge in [0, 0.05) is 13.2 Å². The van der Waals surface area contributed by atoms with Crippen molar-refractivity contribution in [2.75, 3.05) is 119 Å². The van der Waals surface area contributed by atoms with Gasteiger partial charge in [0.2, 0.25) is 0 Å². The van der Waals surface area contributed by atoms with E-state index in [1.807, 2.05) is 0 Å². The molecule has 43 heavy (non-hydrogen) atoms. The molecule has 1 atom stereocenters. The van der Waals surface area contributed by atoms with Gasteiger partial charge in [-0.2, -0.15) is 0 Å². The lowest BCUT2D eigenvalue weighted by molar-refractivity contribution is -0.0255. The molecule has 9 heteroatoms. The van der Waals surface area contributed by atoms with Crippen LogP contribution in [0.2, 0.25) is 0 Å². The summed E-state index contributed by atoms with van der Waals surface area (Å²) in [6.07, 6.45) is 16.1. The van der Waals surface area contributed by atoms with E-state index in [1.165, 1.54) is 64.2 Å². The van der Waals surface area contributed by atoms with Crippen molar-refractivity contribution in [3.05, 3.63) is 0 Å². The number of ether oxygens (including phenoxy) is 9. The Balaban J connectivity index is 3.04. The highest BCUT2D eigenvalue weighted by atomic mass is 16.6. The summed E-state index contributed by atoms with van der Waals surface area (Å²) in [5, 5.41) is 0. The van der Waals surface area contributed by atoms with E-state index in [0.29, 0.717) is 112 Å². The summed E-state index contributed by atoms with van der Waals surface area (Å²) in [5.74, 6) is 0.605. The number of unbranched alkanes of at least 4 members (excludes halogenated alkanes) is 10. The molecular weight excluding hydrogens is 552 g/mol. The minimum atomic E-state index is 0.542. The third kappa shape index (κ3) is 39.6. The van der Waals surface area contributed by atoms with Crippen molar-refractivity contribution in [2.45, 2.75) is 97.8 Å². The van der Waals surface area contributed by atoms with Gasteiger partial charge in [-0.15, -0.1) is 0 Å². The first-order chi connectivity index (χ1) is 21.3. The SMILES string of the molecule is CCCCCCCCCCCCCOCCOCCOCCOCCOCCOCCOCCOCCOCC(C)CC. The van der Waals surface area contributed by atoms with Gasteiger partial charge in [0.1, 0.15) is 0 Å². The molecule has 0 heterocycles. The second-order valence-electron chi connectivity index (χ2n) is 11.0. The predicted octanol–water partition coefficient (Wildman–Crippen LogP) is 6.49. The average Bonchev–Trinajstić information content (AvgIpc) is 3.02. The van der Waals surface area contributed by atoms with Crippen molar-refractivity contribution >= 4 is 0 Å². The zero-order chi connectivity index (χ0) is 31.2. The Hall–Kier alpha value is -0.360. The Morgan fingerprint density at radius 1 is 0.302 bits per heavy atom. The summed E-state index contributed by atoms with van der Waals surface area (Å²) >= 11 is 0. The summed E-state index contributed by atoms with van der Waals surface area (Å²) in [5.41, 5.74) is 0. The van der Waals surface area contributed by atoms with Gasteiger partial charge in [-0.25, -0.2) is 0 Å². The molecule has 0 aromatic rings. The maximum absolute atomic E-state index is 5.65. The van der Waals surface area contributed by atoms with Crippen molar-refractivity contribution in [1.29, 1.82) is 0 Å². The van der Waals surface area contributed by atoms with Crippen LogP contribution >= 0.6 is 0 Å². The van der Waals surface area contributed by atoms with Crippen molar-refractivity contribution in [3.8, 4) is 0 Å². The molecule has 0 bridgehead atoms. The first-order valence-corrected chi connectivity index (χ1v) is 17.5. The molecule has 9 nitrogen and oxygen atoms in total. The topological polar surface area (TPSA) is 83.1 Å². The number of hydrogen-bond donors (Lipinski definition) is 0. The molecule has 0 rings (SSSR count). The molecule has 0 N–H and O–H groups in total. The molecule has 0 saturated carbocycles. The Morgan fingerprint density at radius 3 is 0.860 bits per heavy atom. The summed E-state index contributed by atoms with van der Waals surface area (Å²) in [4.78, 5) is 0. The van der Waals surface area contributed by atoms with E-state index >= 15 is 0 Å². The lowest BCUT2D eigenvalue weighted by Gasteiger charge is -2.10. The van der Waals surface area contributed by atoms with Crippen LogP contribution in [-0.4, -0.2) is 119 Å². The predicted molar refractivity (Wildman–Crippen MR) is 173 cm³/mol. The van der Waals surface area contributed by atoms with Crippen LogP contribution in [0.5, 0.6) is 0 Å². The van der Waals surface area contributed by atoms with E-state index in [-0.39, 0.29) is 0 Å². The van der Waals surface area contributed by atoms with Gasteiger partial charge in [-0.3, -0.25) is 0 Å². The lowest BCUT2D eigenvalue weighted by Crippen LogP contribution is -2.15. The van der Waals surface area contributed by atoms with Crippen LogP contribution in [0.4, 0.5) is 0 Å². The van der Waals surface area contributed by atoms with Crippen LogP contribution in [0, 0.1) is 5.92 Å². The second-order valence-corrected chi connectivity index (χ2v) is 11.0. The first kappa shape index (κ1) is 42.6. The Kier molecular flexibility index (Phi) is 39.3. The molecule has 0 aromatic heterocycles. The fourth-order valence-corrected chi connectivity index (χ4v) is 4.03. The fraction of sp³-hybridized carbons (Fsp3) is 1.00. The van der Waals surface area contributed by atoms with Crippen molar-refractivity contribution < 1.29 is 42.6 Å². The summed E-state index contributed by atoms with van der Waals surface area (Å²) < 4.78 is 49.7. The zero-order valence-electron chi connectivity index (χ0n) is 28.5. The molecule has 260 valence electrons. The van der Waals surface area contributed by atoms with E-state index < -0.39 is 0 Å². The van der Waals surface area contributed by atoms with Crippen LogP contribution in [-0.2, 0) is 42.6 Å². The van der Waals surface area contributed by atoms with Gasteiger partial charge in [-0.1, -0.05) is 91.4 Å². The fourth-order valence-electron chi connectivity index (χ4n) is 4.03. The Morgan fingerprint density at radius 2 is 0.558 bits per heavy atom. The Labute approximate surface area is 265 Å². The van der Waals surface area contributed by atoms with Crippen LogP contribution < -0.4 is 0 Å². The van der Waals surface area contributed by atoms with Gasteiger partial charge in [0.25, 0.3) is 0 Å². The van der Waals surface area contributed by atoms with Gasteiger partial charge in [0.15, 0.2) is 0 Å². The molecule has 0 amide bonds. The van der Waals surface area contributed by atoms with Crippen LogP contribution in [0.3, 0.4) is 0 Å². The molecular formula is C34H70O9. The molecule has 0 radical (unpaired) electrons. The standard InChI is InChI=1S/C34H70O9/c1-4-6-7-8-9-10-11-12-13-14-15-16-35-17-18-36-19-20-37-21-22-38-23-24-39-25-26-40-27-28-41-29-30-42-31-32-43-33-34(3)5-2/h34H,4-33H2,1-3H3. The molecule has 0 fully saturated rings. The quantitative estimate of drug-likeness (QED) is 0.0714. The van der Waals surface area contributed by atoms with Gasteiger partial charge in [-0.05, 0) is 12.3 Å². The van der Waals surface area contributed by atoms with Gasteiger partial charge in [0.05, 0.1) is 106 Å². The van der Waals surface area contributed by atoms with E-state index in [1.54, 1.807) is 0 Å². The van der Waals surface area contributed by atoms with Crippen LogP contribution in [0.1, 0.15) is 97.8 Å². The van der Waals surface area contributed by atoms with E-state index in [4.69, 9.17) is 42.6 Å². The molecule has 0 aliphatic rings. The second kappa shape index (κ2) is 39.7. The summed E-state index contributed by atoms with van der Waals surface area (Å²) in [6, 6.07) is 0. The van der Waals surface area contributed by atoms with Crippen LogP contribution in [0.25, 0.3) is 0 Å². The monoisotopic (exact) mass is 623 g/mol. The first-order valence-electron chi connectivity index (χ1n) is 17.5. The minimum absolute atomic E-state index is 0.542. The highest BCUT2D eigenvalue weighted by molar-refractivity contribution is 4.48. The molecule has 0 spiro atoms. The number of hydrogen-bond acceptors (Lipinski definition) is 9. The summed E-state index contributed by atoms with van der Waals surface area (Å²) in [6.45, 7) is 17.4. The van der Waals surface area contributed by atoms with Crippen molar-refractivity contribution in [1.82, 2.24) is 0 Å². The number of rotatable bonds is 39. The zero-order valence-corrected chi connectivity index (χ0v) is 28.5. The molecule has 0 aliphatic heterocycles. The molecule has 1 unspecified atom stereocenters. The van der Waals surface area contributed by atoms with Crippen LogP contribution in [0.15, 0.2) is 0 Å². The highest BCUT2D eigenvalue weighted by Crippen LogP contribution is 2.11. The third-order valence-electron chi connectivity index (χ3n) is 6.97. The highest BCUT2D eigenvalue weighted by Gasteiger charge is 1.99. The van der Waals surface area contributed by atoms with E-state index in [9.17, 15) is 0 Å². The molecule has 0 saturated heterocycles. The minimum Gasteiger partial charge on any atom is -0.379 e. The normalized spacial score (nSPS) is 12.3. The summed E-state index contributed by atoms with van der Waals surface area (Å²) in [7, 11) is 0. The molecule has 0 aliphatic carbocycles. The van der Waals surface area contributed by atoms with E-state index in [2.05, 4.69) is 20.8 Å². The van der Waals surface area contributed by atoms with E-state index in [0.717, 1.165) is 26.1 Å². The Bertz CT molecular complexity index is 485. The van der Waals surface area contributed by atoms with Gasteiger partial charge >= 0.3 is 0 Å². The van der Waals surface area contributed by atoms with Crippen molar-refractivity contribution in [3.63, 3.8) is 0 Å². The van der Waals surface area contributed by atoms with Crippen molar-refractivity contribution in [2.24, 2.45) is 5.92 Å². The smallest absolute Gasteiger partial charge is 0.0701 e. The lowest BCUT2D eigenvalue weighted by atomic mass is 10.1. The third-order valence-corrected chi connectivity index (χ3v) is 6.97. The maximum Gasteiger partial charge on any atom is 0.0701 e. The largest absolute Gasteiger partial charge is 0.379 e.